The minimum atomic E-state index is -3.06. The van der Waals surface area contributed by atoms with E-state index in [2.05, 4.69) is 0 Å². The van der Waals surface area contributed by atoms with Crippen molar-refractivity contribution in [2.24, 2.45) is 5.92 Å². The molecule has 1 N–H and O–H groups in total. The molecule has 5 nitrogen and oxygen atoms in total. The molecular formula is C10H17NO4S. The number of rotatable bonds is 3. The van der Waals surface area contributed by atoms with Crippen LogP contribution in [0.15, 0.2) is 0 Å². The molecule has 1 saturated heterocycles. The summed E-state index contributed by atoms with van der Waals surface area (Å²) in [7, 11) is -3.06. The number of likely N-dealkylation sites (tertiary alicyclic amines) is 1. The Balaban J connectivity index is 1.95. The monoisotopic (exact) mass is 247 g/mol. The SMILES string of the molecule is CC(O)(C(=O)N1CC(S(C)(=O)=O)C1)C1CC1. The molecule has 1 unspecified atom stereocenters. The maximum Gasteiger partial charge on any atom is 0.254 e. The molecule has 0 radical (unpaired) electrons. The van der Waals surface area contributed by atoms with E-state index in [9.17, 15) is 18.3 Å². The molecule has 1 amide bonds. The number of sulfone groups is 1. The van der Waals surface area contributed by atoms with Crippen LogP contribution in [0.4, 0.5) is 0 Å². The smallest absolute Gasteiger partial charge is 0.254 e. The highest BCUT2D eigenvalue weighted by molar-refractivity contribution is 7.91. The third-order valence-electron chi connectivity index (χ3n) is 3.55. The van der Waals surface area contributed by atoms with Gasteiger partial charge in [0.1, 0.15) is 5.60 Å². The Hall–Kier alpha value is -0.620. The number of carbonyl (C=O) groups excluding carboxylic acids is 1. The average Bonchev–Trinajstić information content (AvgIpc) is 2.79. The maximum atomic E-state index is 11.9. The van der Waals surface area contributed by atoms with E-state index >= 15 is 0 Å². The highest BCUT2D eigenvalue weighted by atomic mass is 32.2. The molecular weight excluding hydrogens is 230 g/mol. The molecule has 1 heterocycles. The summed E-state index contributed by atoms with van der Waals surface area (Å²) in [5.74, 6) is -0.271. The zero-order chi connectivity index (χ0) is 12.1. The Labute approximate surface area is 95.4 Å². The number of nitrogens with zero attached hydrogens (tertiary/aromatic N) is 1. The fourth-order valence-corrected chi connectivity index (χ4v) is 2.92. The topological polar surface area (TPSA) is 74.7 Å². The van der Waals surface area contributed by atoms with Crippen LogP contribution in [0, 0.1) is 5.92 Å². The molecule has 0 aromatic heterocycles. The summed E-state index contributed by atoms with van der Waals surface area (Å²) < 4.78 is 22.4. The Morgan fingerprint density at radius 2 is 1.88 bits per heavy atom. The van der Waals surface area contributed by atoms with Crippen LogP contribution in [0.5, 0.6) is 0 Å². The van der Waals surface area contributed by atoms with Gasteiger partial charge in [-0.25, -0.2) is 8.42 Å². The minimum absolute atomic E-state index is 0.0530. The van der Waals surface area contributed by atoms with Crippen LogP contribution in [0.3, 0.4) is 0 Å². The van der Waals surface area contributed by atoms with Crippen molar-refractivity contribution in [1.82, 2.24) is 4.90 Å². The van der Waals surface area contributed by atoms with Gasteiger partial charge in [-0.05, 0) is 25.7 Å². The van der Waals surface area contributed by atoms with E-state index in [0.717, 1.165) is 12.8 Å². The van der Waals surface area contributed by atoms with E-state index < -0.39 is 20.7 Å². The van der Waals surface area contributed by atoms with Gasteiger partial charge >= 0.3 is 0 Å². The van der Waals surface area contributed by atoms with Gasteiger partial charge in [-0.15, -0.1) is 0 Å². The van der Waals surface area contributed by atoms with Gasteiger partial charge in [0, 0.05) is 19.3 Å². The van der Waals surface area contributed by atoms with E-state index in [4.69, 9.17) is 0 Å². The zero-order valence-corrected chi connectivity index (χ0v) is 10.3. The predicted molar refractivity (Wildman–Crippen MR) is 58.6 cm³/mol. The van der Waals surface area contributed by atoms with Gasteiger partial charge in [-0.2, -0.15) is 0 Å². The zero-order valence-electron chi connectivity index (χ0n) is 9.51. The van der Waals surface area contributed by atoms with Crippen molar-refractivity contribution < 1.29 is 18.3 Å². The van der Waals surface area contributed by atoms with E-state index in [1.54, 1.807) is 0 Å². The summed E-state index contributed by atoms with van der Waals surface area (Å²) >= 11 is 0. The second-order valence-corrected chi connectivity index (χ2v) is 7.41. The second kappa shape index (κ2) is 3.43. The first-order chi connectivity index (χ1) is 7.23. The molecule has 0 aromatic rings. The van der Waals surface area contributed by atoms with E-state index in [1.807, 2.05) is 0 Å². The Kier molecular flexibility index (Phi) is 2.54. The predicted octanol–water partition coefficient (Wildman–Crippen LogP) is -0.597. The van der Waals surface area contributed by atoms with Crippen molar-refractivity contribution in [2.45, 2.75) is 30.6 Å². The van der Waals surface area contributed by atoms with Crippen LogP contribution in [0.1, 0.15) is 19.8 Å². The molecule has 1 atom stereocenters. The van der Waals surface area contributed by atoms with Crippen LogP contribution in [-0.4, -0.2) is 54.5 Å². The highest BCUT2D eigenvalue weighted by Gasteiger charge is 2.50. The van der Waals surface area contributed by atoms with E-state index in [-0.39, 0.29) is 24.9 Å². The molecule has 92 valence electrons. The lowest BCUT2D eigenvalue weighted by atomic mass is 9.97. The van der Waals surface area contributed by atoms with Crippen molar-refractivity contribution in [3.63, 3.8) is 0 Å². The van der Waals surface area contributed by atoms with E-state index in [1.165, 1.54) is 18.1 Å². The lowest BCUT2D eigenvalue weighted by Gasteiger charge is -2.41. The molecule has 16 heavy (non-hydrogen) atoms. The number of aliphatic hydroxyl groups is 1. The highest BCUT2D eigenvalue weighted by Crippen LogP contribution is 2.41. The van der Waals surface area contributed by atoms with Crippen LogP contribution in [0.25, 0.3) is 0 Å². The number of carbonyl (C=O) groups is 1. The van der Waals surface area contributed by atoms with Gasteiger partial charge in [-0.1, -0.05) is 0 Å². The minimum Gasteiger partial charge on any atom is -0.380 e. The summed E-state index contributed by atoms with van der Waals surface area (Å²) in [4.78, 5) is 13.3. The molecule has 0 bridgehead atoms. The lowest BCUT2D eigenvalue weighted by molar-refractivity contribution is -0.155. The first kappa shape index (κ1) is 11.9. The molecule has 1 aliphatic carbocycles. The van der Waals surface area contributed by atoms with Crippen LogP contribution < -0.4 is 0 Å². The van der Waals surface area contributed by atoms with Crippen molar-refractivity contribution in [3.05, 3.63) is 0 Å². The standard InChI is InChI=1S/C10H17NO4S/c1-10(13,7-3-4-7)9(12)11-5-8(6-11)16(2,14)15/h7-8,13H,3-6H2,1-2H3. The first-order valence-corrected chi connectivity index (χ1v) is 7.39. The summed E-state index contributed by atoms with van der Waals surface area (Å²) in [5, 5.41) is 9.55. The average molecular weight is 247 g/mol. The molecule has 2 rings (SSSR count). The van der Waals surface area contributed by atoms with Gasteiger partial charge in [-0.3, -0.25) is 4.79 Å². The Bertz CT molecular complexity index is 405. The van der Waals surface area contributed by atoms with Gasteiger partial charge in [0.15, 0.2) is 9.84 Å². The van der Waals surface area contributed by atoms with Crippen LogP contribution in [-0.2, 0) is 14.6 Å². The third kappa shape index (κ3) is 1.96. The maximum absolute atomic E-state index is 11.9. The van der Waals surface area contributed by atoms with Gasteiger partial charge in [0.25, 0.3) is 5.91 Å². The second-order valence-electron chi connectivity index (χ2n) is 5.08. The number of hydrogen-bond acceptors (Lipinski definition) is 4. The fourth-order valence-electron chi connectivity index (χ4n) is 2.01. The molecule has 0 aromatic carbocycles. The Morgan fingerprint density at radius 1 is 1.38 bits per heavy atom. The van der Waals surface area contributed by atoms with Crippen molar-refractivity contribution in [3.8, 4) is 0 Å². The molecule has 1 aliphatic heterocycles. The Morgan fingerprint density at radius 3 is 2.25 bits per heavy atom. The van der Waals surface area contributed by atoms with Gasteiger partial charge in [0.2, 0.25) is 0 Å². The quantitative estimate of drug-likeness (QED) is 0.723. The summed E-state index contributed by atoms with van der Waals surface area (Å²) in [6.07, 6.45) is 2.93. The molecule has 2 fully saturated rings. The number of amides is 1. The van der Waals surface area contributed by atoms with Crippen LogP contribution in [0.2, 0.25) is 0 Å². The lowest BCUT2D eigenvalue weighted by Crippen LogP contribution is -2.62. The summed E-state index contributed by atoms with van der Waals surface area (Å²) in [6, 6.07) is 0. The third-order valence-corrected chi connectivity index (χ3v) is 5.06. The molecule has 2 aliphatic rings. The van der Waals surface area contributed by atoms with Crippen molar-refractivity contribution >= 4 is 15.7 Å². The summed E-state index contributed by atoms with van der Waals surface area (Å²) in [6.45, 7) is 1.97. The van der Waals surface area contributed by atoms with Gasteiger partial charge in [0.05, 0.1) is 5.25 Å². The van der Waals surface area contributed by atoms with Crippen LogP contribution >= 0.6 is 0 Å². The van der Waals surface area contributed by atoms with Crippen molar-refractivity contribution in [1.29, 1.82) is 0 Å². The van der Waals surface area contributed by atoms with Crippen molar-refractivity contribution in [2.75, 3.05) is 19.3 Å². The fraction of sp³-hybridized carbons (Fsp3) is 0.900. The molecule has 1 saturated carbocycles. The normalized spacial score (nSPS) is 26.1. The number of hydrogen-bond donors (Lipinski definition) is 1. The molecule has 6 heteroatoms. The largest absolute Gasteiger partial charge is 0.380 e. The molecule has 0 spiro atoms. The summed E-state index contributed by atoms with van der Waals surface area (Å²) in [5.41, 5.74) is -1.30. The first-order valence-electron chi connectivity index (χ1n) is 5.43. The van der Waals surface area contributed by atoms with Gasteiger partial charge < -0.3 is 10.0 Å². The van der Waals surface area contributed by atoms with E-state index in [0.29, 0.717) is 0 Å².